The molecule has 1 aromatic carbocycles. The van der Waals surface area contributed by atoms with Crippen molar-refractivity contribution in [3.63, 3.8) is 0 Å². The fourth-order valence-electron chi connectivity index (χ4n) is 2.78. The average molecular weight is 308 g/mol. The van der Waals surface area contributed by atoms with E-state index in [1.807, 2.05) is 19.9 Å². The largest absolute Gasteiger partial charge is 0.511 e. The Morgan fingerprint density at radius 3 is 2.23 bits per heavy atom. The van der Waals surface area contributed by atoms with E-state index in [1.165, 1.54) is 0 Å². The van der Waals surface area contributed by atoms with Gasteiger partial charge in [-0.1, -0.05) is 52.5 Å². The normalized spacial score (nSPS) is 10.7. The number of phenolic OH excluding ortho intramolecular Hbond substituents is 1. The molecule has 2 N–H and O–H groups in total. The van der Waals surface area contributed by atoms with Gasteiger partial charge in [-0.05, 0) is 36.8 Å². The van der Waals surface area contributed by atoms with Crippen LogP contribution in [0.3, 0.4) is 0 Å². The van der Waals surface area contributed by atoms with E-state index in [0.717, 1.165) is 61.6 Å². The molecule has 0 aliphatic rings. The van der Waals surface area contributed by atoms with Gasteiger partial charge in [0.25, 0.3) is 0 Å². The van der Waals surface area contributed by atoms with Gasteiger partial charge < -0.3 is 14.9 Å². The summed E-state index contributed by atoms with van der Waals surface area (Å²) in [4.78, 5) is 10.9. The molecule has 0 aliphatic heterocycles. The third-order valence-electron chi connectivity index (χ3n) is 3.79. The minimum Gasteiger partial charge on any atom is -0.504 e. The Morgan fingerprint density at radius 1 is 1.00 bits per heavy atom. The third-order valence-corrected chi connectivity index (χ3v) is 3.79. The highest BCUT2D eigenvalue weighted by atomic mass is 16.7. The van der Waals surface area contributed by atoms with E-state index in [1.54, 1.807) is 0 Å². The molecule has 22 heavy (non-hydrogen) atoms. The Hall–Kier alpha value is -1.71. The summed E-state index contributed by atoms with van der Waals surface area (Å²) in [5.41, 5.74) is 2.76. The summed E-state index contributed by atoms with van der Waals surface area (Å²) in [6.07, 6.45) is 6.12. The number of ether oxygens (including phenoxy) is 1. The van der Waals surface area contributed by atoms with Crippen LogP contribution >= 0.6 is 0 Å². The number of aromatic hydroxyl groups is 1. The van der Waals surface area contributed by atoms with Crippen molar-refractivity contribution < 1.29 is 19.7 Å². The number of hydrogen-bond donors (Lipinski definition) is 2. The number of aryl methyl sites for hydroxylation is 2. The van der Waals surface area contributed by atoms with Crippen molar-refractivity contribution in [1.82, 2.24) is 0 Å². The van der Waals surface area contributed by atoms with Crippen molar-refractivity contribution >= 4 is 6.16 Å². The van der Waals surface area contributed by atoms with Crippen molar-refractivity contribution in [2.24, 2.45) is 0 Å². The van der Waals surface area contributed by atoms with Gasteiger partial charge in [0.15, 0.2) is 11.5 Å². The SMILES string of the molecule is CCCCCc1cc(CCC)c(OC(=O)O)c(O)c1CCC. The van der Waals surface area contributed by atoms with Crippen LogP contribution < -0.4 is 4.74 Å². The summed E-state index contributed by atoms with van der Waals surface area (Å²) in [6.45, 7) is 6.24. The van der Waals surface area contributed by atoms with Crippen LogP contribution in [-0.4, -0.2) is 16.4 Å². The van der Waals surface area contributed by atoms with E-state index in [-0.39, 0.29) is 11.5 Å². The molecule has 0 saturated heterocycles. The van der Waals surface area contributed by atoms with Crippen molar-refractivity contribution in [2.45, 2.75) is 72.1 Å². The molecule has 0 bridgehead atoms. The standard InChI is InChI=1S/C18H28O4/c1-4-7-8-11-13-12-14(9-5-2)17(22-18(20)21)16(19)15(13)10-6-3/h12,19H,4-11H2,1-3H3,(H,20,21). The van der Waals surface area contributed by atoms with Crippen LogP contribution in [0.2, 0.25) is 0 Å². The van der Waals surface area contributed by atoms with E-state index in [0.29, 0.717) is 6.42 Å². The maximum atomic E-state index is 10.9. The molecule has 0 fully saturated rings. The summed E-state index contributed by atoms with van der Waals surface area (Å²) in [6, 6.07) is 2.03. The van der Waals surface area contributed by atoms with E-state index in [4.69, 9.17) is 9.84 Å². The lowest BCUT2D eigenvalue weighted by Crippen LogP contribution is -2.08. The van der Waals surface area contributed by atoms with E-state index in [9.17, 15) is 9.90 Å². The fourth-order valence-corrected chi connectivity index (χ4v) is 2.78. The van der Waals surface area contributed by atoms with Crippen LogP contribution in [0.4, 0.5) is 4.79 Å². The predicted molar refractivity (Wildman–Crippen MR) is 88.0 cm³/mol. The molecule has 0 atom stereocenters. The molecule has 4 heteroatoms. The third kappa shape index (κ3) is 4.93. The Balaban J connectivity index is 3.26. The minimum absolute atomic E-state index is 0.0155. The molecule has 0 radical (unpaired) electrons. The van der Waals surface area contributed by atoms with Gasteiger partial charge in [-0.3, -0.25) is 0 Å². The van der Waals surface area contributed by atoms with Crippen molar-refractivity contribution in [3.05, 3.63) is 22.8 Å². The zero-order valence-electron chi connectivity index (χ0n) is 13.9. The number of hydrogen-bond acceptors (Lipinski definition) is 3. The fraction of sp³-hybridized carbons (Fsp3) is 0.611. The van der Waals surface area contributed by atoms with Gasteiger partial charge in [-0.25, -0.2) is 4.79 Å². The second-order valence-electron chi connectivity index (χ2n) is 5.68. The maximum Gasteiger partial charge on any atom is 0.511 e. The summed E-state index contributed by atoms with van der Waals surface area (Å²) >= 11 is 0. The Labute approximate surface area is 133 Å². The summed E-state index contributed by atoms with van der Waals surface area (Å²) in [7, 11) is 0. The topological polar surface area (TPSA) is 66.8 Å². The van der Waals surface area contributed by atoms with Crippen LogP contribution in [-0.2, 0) is 19.3 Å². The molecular weight excluding hydrogens is 280 g/mol. The first kappa shape index (κ1) is 18.3. The molecule has 1 rings (SSSR count). The molecule has 0 amide bonds. The molecular formula is C18H28O4. The molecule has 124 valence electrons. The zero-order chi connectivity index (χ0) is 16.5. The number of unbranched alkanes of at least 4 members (excludes halogenated alkanes) is 2. The molecule has 0 unspecified atom stereocenters. The number of rotatable bonds is 9. The molecule has 4 nitrogen and oxygen atoms in total. The van der Waals surface area contributed by atoms with Gasteiger partial charge in [0, 0.05) is 5.56 Å². The number of carboxylic acid groups (broad SMARTS) is 1. The Morgan fingerprint density at radius 2 is 1.68 bits per heavy atom. The van der Waals surface area contributed by atoms with Crippen molar-refractivity contribution in [3.8, 4) is 11.5 Å². The van der Waals surface area contributed by atoms with E-state index >= 15 is 0 Å². The van der Waals surface area contributed by atoms with Gasteiger partial charge in [-0.2, -0.15) is 0 Å². The molecule has 0 heterocycles. The highest BCUT2D eigenvalue weighted by Gasteiger charge is 2.20. The minimum atomic E-state index is -1.38. The van der Waals surface area contributed by atoms with Gasteiger partial charge >= 0.3 is 6.16 Å². The Kier molecular flexibility index (Phi) is 7.78. The molecule has 0 saturated carbocycles. The highest BCUT2D eigenvalue weighted by Crippen LogP contribution is 2.38. The van der Waals surface area contributed by atoms with Crippen molar-refractivity contribution in [1.29, 1.82) is 0 Å². The second kappa shape index (κ2) is 9.34. The van der Waals surface area contributed by atoms with Crippen molar-refractivity contribution in [2.75, 3.05) is 0 Å². The lowest BCUT2D eigenvalue weighted by Gasteiger charge is -2.17. The lowest BCUT2D eigenvalue weighted by atomic mass is 9.93. The smallest absolute Gasteiger partial charge is 0.504 e. The lowest BCUT2D eigenvalue weighted by molar-refractivity contribution is 0.142. The molecule has 0 spiro atoms. The molecule has 0 aromatic heterocycles. The summed E-state index contributed by atoms with van der Waals surface area (Å²) < 4.78 is 4.86. The van der Waals surface area contributed by atoms with Crippen LogP contribution in [0, 0.1) is 0 Å². The summed E-state index contributed by atoms with van der Waals surface area (Å²) in [5.74, 6) is 0.138. The predicted octanol–water partition coefficient (Wildman–Crippen LogP) is 5.09. The van der Waals surface area contributed by atoms with Crippen LogP contribution in [0.5, 0.6) is 11.5 Å². The number of benzene rings is 1. The Bertz CT molecular complexity index is 494. The molecule has 0 aliphatic carbocycles. The number of carbonyl (C=O) groups is 1. The molecule has 1 aromatic rings. The van der Waals surface area contributed by atoms with Gasteiger partial charge in [0.2, 0.25) is 0 Å². The quantitative estimate of drug-likeness (QED) is 0.379. The average Bonchev–Trinajstić information content (AvgIpc) is 2.47. The first-order chi connectivity index (χ1) is 10.5. The van der Waals surface area contributed by atoms with Crippen LogP contribution in [0.25, 0.3) is 0 Å². The first-order valence-electron chi connectivity index (χ1n) is 8.32. The highest BCUT2D eigenvalue weighted by molar-refractivity contribution is 5.66. The van der Waals surface area contributed by atoms with Gasteiger partial charge in [0.1, 0.15) is 0 Å². The van der Waals surface area contributed by atoms with Crippen LogP contribution in [0.15, 0.2) is 6.07 Å². The van der Waals surface area contributed by atoms with E-state index in [2.05, 4.69) is 6.92 Å². The monoisotopic (exact) mass is 308 g/mol. The van der Waals surface area contributed by atoms with Crippen LogP contribution in [0.1, 0.15) is 69.6 Å². The second-order valence-corrected chi connectivity index (χ2v) is 5.68. The van der Waals surface area contributed by atoms with E-state index < -0.39 is 6.16 Å². The zero-order valence-corrected chi connectivity index (χ0v) is 13.9. The van der Waals surface area contributed by atoms with Gasteiger partial charge in [0.05, 0.1) is 0 Å². The first-order valence-corrected chi connectivity index (χ1v) is 8.32. The number of phenols is 1. The maximum absolute atomic E-state index is 10.9. The van der Waals surface area contributed by atoms with Gasteiger partial charge in [-0.15, -0.1) is 0 Å². The summed E-state index contributed by atoms with van der Waals surface area (Å²) in [5, 5.41) is 19.4.